The van der Waals surface area contributed by atoms with Gasteiger partial charge < -0.3 is 25.2 Å². The van der Waals surface area contributed by atoms with Gasteiger partial charge in [0.1, 0.15) is 0 Å². The average Bonchev–Trinajstić information content (AvgIpc) is 2.43. The number of aliphatic hydroxyl groups is 1. The zero-order valence-corrected chi connectivity index (χ0v) is 12.6. The fraction of sp³-hybridized carbons (Fsp3) is 0.857. The number of nitrogens with zero attached hydrogens (tertiary/aromatic N) is 1. The maximum atomic E-state index is 12.3. The lowest BCUT2D eigenvalue weighted by atomic mass is 9.79. The van der Waals surface area contributed by atoms with Gasteiger partial charge in [0.25, 0.3) is 0 Å². The predicted molar refractivity (Wildman–Crippen MR) is 77.1 cm³/mol. The molecule has 3 N–H and O–H groups in total. The maximum absolute atomic E-state index is 12.3. The Hall–Kier alpha value is -1.34. The summed E-state index contributed by atoms with van der Waals surface area (Å²) >= 11 is 0. The summed E-state index contributed by atoms with van der Waals surface area (Å²) < 4.78 is 4.95. The number of hydrogen-bond donors (Lipinski definition) is 3. The molecule has 0 saturated heterocycles. The average molecular weight is 302 g/mol. The van der Waals surface area contributed by atoms with E-state index in [-0.39, 0.29) is 25.6 Å². The maximum Gasteiger partial charge on any atom is 0.318 e. The Balaban J connectivity index is 2.70. The monoisotopic (exact) mass is 302 g/mol. The zero-order valence-electron chi connectivity index (χ0n) is 12.6. The smallest absolute Gasteiger partial charge is 0.318 e. The van der Waals surface area contributed by atoms with E-state index in [0.29, 0.717) is 26.0 Å². The molecule has 21 heavy (non-hydrogen) atoms. The fourth-order valence-electron chi connectivity index (χ4n) is 2.81. The summed E-state index contributed by atoms with van der Waals surface area (Å²) in [4.78, 5) is 24.9. The SMILES string of the molecule is COCCN(CCO)C(=O)NC1(CC(=O)O)CCCCC1. The summed E-state index contributed by atoms with van der Waals surface area (Å²) in [7, 11) is 1.54. The molecular formula is C14H26N2O5. The van der Waals surface area contributed by atoms with Crippen molar-refractivity contribution in [2.75, 3.05) is 33.4 Å². The van der Waals surface area contributed by atoms with Crippen molar-refractivity contribution in [3.8, 4) is 0 Å². The molecule has 0 aromatic carbocycles. The molecule has 0 heterocycles. The number of carboxylic acid groups (broad SMARTS) is 1. The lowest BCUT2D eigenvalue weighted by Crippen LogP contribution is -2.56. The van der Waals surface area contributed by atoms with Gasteiger partial charge in [0.2, 0.25) is 0 Å². The normalized spacial score (nSPS) is 17.2. The van der Waals surface area contributed by atoms with E-state index in [1.54, 1.807) is 7.11 Å². The van der Waals surface area contributed by atoms with Gasteiger partial charge in [-0.05, 0) is 12.8 Å². The van der Waals surface area contributed by atoms with Gasteiger partial charge in [0.05, 0.1) is 25.2 Å². The molecule has 1 aliphatic rings. The van der Waals surface area contributed by atoms with Crippen LogP contribution in [-0.4, -0.2) is 66.1 Å². The Kier molecular flexibility index (Phi) is 7.45. The number of rotatable bonds is 8. The Morgan fingerprint density at radius 3 is 2.43 bits per heavy atom. The third-order valence-corrected chi connectivity index (χ3v) is 3.89. The molecule has 0 radical (unpaired) electrons. The van der Waals surface area contributed by atoms with E-state index >= 15 is 0 Å². The molecule has 0 aromatic heterocycles. The number of methoxy groups -OCH3 is 1. The van der Waals surface area contributed by atoms with Crippen LogP contribution in [0.1, 0.15) is 38.5 Å². The number of carbonyl (C=O) groups is 2. The van der Waals surface area contributed by atoms with Crippen molar-refractivity contribution in [1.82, 2.24) is 10.2 Å². The summed E-state index contributed by atoms with van der Waals surface area (Å²) in [6, 6.07) is -0.329. The van der Waals surface area contributed by atoms with Crippen LogP contribution in [0.3, 0.4) is 0 Å². The van der Waals surface area contributed by atoms with Gasteiger partial charge in [0, 0.05) is 20.2 Å². The van der Waals surface area contributed by atoms with Gasteiger partial charge in [-0.3, -0.25) is 4.79 Å². The number of ether oxygens (including phenoxy) is 1. The Bertz CT molecular complexity index is 342. The van der Waals surface area contributed by atoms with E-state index < -0.39 is 11.5 Å². The summed E-state index contributed by atoms with van der Waals surface area (Å²) in [6.07, 6.45) is 4.22. The Morgan fingerprint density at radius 1 is 1.24 bits per heavy atom. The van der Waals surface area contributed by atoms with Crippen LogP contribution in [0.2, 0.25) is 0 Å². The van der Waals surface area contributed by atoms with Crippen molar-refractivity contribution in [2.24, 2.45) is 0 Å². The molecule has 0 aliphatic heterocycles. The predicted octanol–water partition coefficient (Wildman–Crippen LogP) is 0.814. The van der Waals surface area contributed by atoms with E-state index in [2.05, 4.69) is 5.32 Å². The highest BCUT2D eigenvalue weighted by molar-refractivity contribution is 5.77. The second-order valence-corrected chi connectivity index (χ2v) is 5.55. The van der Waals surface area contributed by atoms with Crippen LogP contribution in [-0.2, 0) is 9.53 Å². The number of aliphatic hydroxyl groups excluding tert-OH is 1. The number of amides is 2. The lowest BCUT2D eigenvalue weighted by molar-refractivity contribution is -0.139. The van der Waals surface area contributed by atoms with E-state index in [9.17, 15) is 9.59 Å². The molecule has 1 fully saturated rings. The standard InChI is InChI=1S/C14H26N2O5/c1-21-10-8-16(7-9-17)13(20)15-14(11-12(18)19)5-3-2-4-6-14/h17H,2-11H2,1H3,(H,15,20)(H,18,19). The fourth-order valence-corrected chi connectivity index (χ4v) is 2.81. The van der Waals surface area contributed by atoms with E-state index in [1.165, 1.54) is 4.90 Å². The van der Waals surface area contributed by atoms with Crippen LogP contribution in [0.25, 0.3) is 0 Å². The molecule has 0 bridgehead atoms. The molecule has 7 heteroatoms. The Labute approximate surface area is 125 Å². The lowest BCUT2D eigenvalue weighted by Gasteiger charge is -2.38. The molecule has 1 rings (SSSR count). The van der Waals surface area contributed by atoms with Crippen LogP contribution in [0.15, 0.2) is 0 Å². The van der Waals surface area contributed by atoms with Gasteiger partial charge in [-0.25, -0.2) is 4.79 Å². The largest absolute Gasteiger partial charge is 0.481 e. The summed E-state index contributed by atoms with van der Waals surface area (Å²) in [5.41, 5.74) is -0.665. The van der Waals surface area contributed by atoms with E-state index in [1.807, 2.05) is 0 Å². The molecule has 2 amide bonds. The van der Waals surface area contributed by atoms with Crippen molar-refractivity contribution in [3.05, 3.63) is 0 Å². The second kappa shape index (κ2) is 8.84. The molecular weight excluding hydrogens is 276 g/mol. The van der Waals surface area contributed by atoms with Crippen molar-refractivity contribution >= 4 is 12.0 Å². The summed E-state index contributed by atoms with van der Waals surface area (Å²) in [5.74, 6) is -0.900. The minimum absolute atomic E-state index is 0.0595. The van der Waals surface area contributed by atoms with Crippen molar-refractivity contribution in [3.63, 3.8) is 0 Å². The van der Waals surface area contributed by atoms with Gasteiger partial charge >= 0.3 is 12.0 Å². The number of urea groups is 1. The summed E-state index contributed by atoms with van der Waals surface area (Å²) in [5, 5.41) is 21.0. The second-order valence-electron chi connectivity index (χ2n) is 5.55. The Morgan fingerprint density at radius 2 is 1.90 bits per heavy atom. The first-order valence-corrected chi connectivity index (χ1v) is 7.42. The molecule has 1 aliphatic carbocycles. The van der Waals surface area contributed by atoms with Crippen molar-refractivity contribution in [2.45, 2.75) is 44.1 Å². The minimum Gasteiger partial charge on any atom is -0.481 e. The summed E-state index contributed by atoms with van der Waals surface area (Å²) in [6.45, 7) is 0.812. The number of carbonyl (C=O) groups excluding carboxylic acids is 1. The van der Waals surface area contributed by atoms with Gasteiger partial charge in [0.15, 0.2) is 0 Å². The van der Waals surface area contributed by atoms with Crippen LogP contribution in [0.5, 0.6) is 0 Å². The molecule has 0 atom stereocenters. The highest BCUT2D eigenvalue weighted by Crippen LogP contribution is 2.31. The van der Waals surface area contributed by atoms with Crippen LogP contribution in [0, 0.1) is 0 Å². The third kappa shape index (κ3) is 5.89. The molecule has 1 saturated carbocycles. The topological polar surface area (TPSA) is 99.1 Å². The van der Waals surface area contributed by atoms with Crippen molar-refractivity contribution < 1.29 is 24.5 Å². The number of hydrogen-bond acceptors (Lipinski definition) is 4. The highest BCUT2D eigenvalue weighted by atomic mass is 16.5. The quantitative estimate of drug-likeness (QED) is 0.616. The molecule has 0 unspecified atom stereocenters. The third-order valence-electron chi connectivity index (χ3n) is 3.89. The minimum atomic E-state index is -0.900. The van der Waals surface area contributed by atoms with E-state index in [4.69, 9.17) is 14.9 Å². The van der Waals surface area contributed by atoms with Gasteiger partial charge in [-0.15, -0.1) is 0 Å². The van der Waals surface area contributed by atoms with Gasteiger partial charge in [-0.2, -0.15) is 0 Å². The molecule has 0 aromatic rings. The first kappa shape index (κ1) is 17.7. The van der Waals surface area contributed by atoms with Crippen LogP contribution in [0.4, 0.5) is 4.79 Å². The van der Waals surface area contributed by atoms with Crippen LogP contribution < -0.4 is 5.32 Å². The molecule has 7 nitrogen and oxygen atoms in total. The zero-order chi connectivity index (χ0) is 15.7. The van der Waals surface area contributed by atoms with Crippen molar-refractivity contribution in [1.29, 1.82) is 0 Å². The number of nitrogens with one attached hydrogen (secondary N) is 1. The molecule has 122 valence electrons. The van der Waals surface area contributed by atoms with Crippen LogP contribution >= 0.6 is 0 Å². The number of carboxylic acids is 1. The highest BCUT2D eigenvalue weighted by Gasteiger charge is 2.36. The first-order valence-electron chi connectivity index (χ1n) is 7.42. The number of aliphatic carboxylic acids is 1. The molecule has 0 spiro atoms. The first-order chi connectivity index (χ1) is 10.0. The van der Waals surface area contributed by atoms with Gasteiger partial charge in [-0.1, -0.05) is 19.3 Å². The van der Waals surface area contributed by atoms with E-state index in [0.717, 1.165) is 19.3 Å².